The SMILES string of the molecule is O=c1c(Cl)c(C#Cc2ccc(F)cc2)cnn1C1CCCCO1. The molecule has 6 heteroatoms. The predicted molar refractivity (Wildman–Crippen MR) is 84.7 cm³/mol. The summed E-state index contributed by atoms with van der Waals surface area (Å²) in [4.78, 5) is 12.3. The average molecular weight is 333 g/mol. The molecule has 1 unspecified atom stereocenters. The first kappa shape index (κ1) is 15.7. The van der Waals surface area contributed by atoms with Crippen LogP contribution >= 0.6 is 11.6 Å². The fraction of sp³-hybridized carbons (Fsp3) is 0.294. The maximum absolute atomic E-state index is 12.9. The minimum Gasteiger partial charge on any atom is -0.356 e. The van der Waals surface area contributed by atoms with Gasteiger partial charge in [-0.05, 0) is 43.5 Å². The number of hydrogen-bond donors (Lipinski definition) is 0. The van der Waals surface area contributed by atoms with E-state index in [9.17, 15) is 9.18 Å². The Morgan fingerprint density at radius 3 is 2.74 bits per heavy atom. The summed E-state index contributed by atoms with van der Waals surface area (Å²) in [5.41, 5.74) is 0.555. The highest BCUT2D eigenvalue weighted by atomic mass is 35.5. The van der Waals surface area contributed by atoms with Crippen molar-refractivity contribution >= 4 is 11.6 Å². The van der Waals surface area contributed by atoms with Crippen molar-refractivity contribution < 1.29 is 9.13 Å². The molecule has 118 valence electrons. The molecule has 23 heavy (non-hydrogen) atoms. The number of nitrogens with zero attached hydrogens (tertiary/aromatic N) is 2. The fourth-order valence-electron chi connectivity index (χ4n) is 2.33. The molecular formula is C17H14ClFN2O2. The molecule has 1 aliphatic heterocycles. The molecule has 1 atom stereocenters. The van der Waals surface area contributed by atoms with E-state index < -0.39 is 5.56 Å². The molecule has 0 aliphatic carbocycles. The van der Waals surface area contributed by atoms with E-state index >= 15 is 0 Å². The summed E-state index contributed by atoms with van der Waals surface area (Å²) in [6.07, 6.45) is 3.80. The molecule has 3 rings (SSSR count). The van der Waals surface area contributed by atoms with Gasteiger partial charge in [-0.25, -0.2) is 4.39 Å². The largest absolute Gasteiger partial charge is 0.356 e. The topological polar surface area (TPSA) is 44.1 Å². The van der Waals surface area contributed by atoms with Crippen LogP contribution in [0.4, 0.5) is 4.39 Å². The van der Waals surface area contributed by atoms with Crippen molar-refractivity contribution in [1.82, 2.24) is 9.78 Å². The lowest BCUT2D eigenvalue weighted by Crippen LogP contribution is -2.31. The molecule has 0 radical (unpaired) electrons. The van der Waals surface area contributed by atoms with Gasteiger partial charge in [0.2, 0.25) is 0 Å². The molecule has 1 saturated heterocycles. The van der Waals surface area contributed by atoms with Crippen molar-refractivity contribution in [3.63, 3.8) is 0 Å². The van der Waals surface area contributed by atoms with Gasteiger partial charge in [0.25, 0.3) is 5.56 Å². The predicted octanol–water partition coefficient (Wildman–Crippen LogP) is 3.13. The minimum atomic E-state index is -0.413. The van der Waals surface area contributed by atoms with Crippen LogP contribution in [-0.2, 0) is 4.74 Å². The zero-order valence-corrected chi connectivity index (χ0v) is 13.0. The Kier molecular flexibility index (Phi) is 4.75. The number of halogens is 2. The Hall–Kier alpha value is -2.16. The molecule has 1 fully saturated rings. The second-order valence-electron chi connectivity index (χ2n) is 5.20. The Morgan fingerprint density at radius 2 is 2.04 bits per heavy atom. The van der Waals surface area contributed by atoms with E-state index in [-0.39, 0.29) is 17.1 Å². The Bertz CT molecular complexity index is 815. The minimum absolute atomic E-state index is 0.0174. The zero-order chi connectivity index (χ0) is 16.2. The molecule has 2 heterocycles. The first-order chi connectivity index (χ1) is 11.1. The third-order valence-electron chi connectivity index (χ3n) is 3.56. The average Bonchev–Trinajstić information content (AvgIpc) is 2.58. The van der Waals surface area contributed by atoms with Crippen LogP contribution in [-0.4, -0.2) is 16.4 Å². The van der Waals surface area contributed by atoms with Crippen molar-refractivity contribution in [2.45, 2.75) is 25.5 Å². The van der Waals surface area contributed by atoms with Gasteiger partial charge in [0.15, 0.2) is 6.23 Å². The number of rotatable bonds is 1. The summed E-state index contributed by atoms with van der Waals surface area (Å²) in [6, 6.07) is 5.76. The van der Waals surface area contributed by atoms with Crippen LogP contribution in [0.3, 0.4) is 0 Å². The van der Waals surface area contributed by atoms with Gasteiger partial charge in [0.1, 0.15) is 10.8 Å². The summed E-state index contributed by atoms with van der Waals surface area (Å²) < 4.78 is 19.7. The maximum Gasteiger partial charge on any atom is 0.289 e. The van der Waals surface area contributed by atoms with E-state index in [2.05, 4.69) is 16.9 Å². The number of benzene rings is 1. The third kappa shape index (κ3) is 3.61. The van der Waals surface area contributed by atoms with E-state index in [0.717, 1.165) is 19.3 Å². The van der Waals surface area contributed by atoms with Crippen molar-refractivity contribution in [2.24, 2.45) is 0 Å². The van der Waals surface area contributed by atoms with Crippen LogP contribution in [0.2, 0.25) is 5.02 Å². The van der Waals surface area contributed by atoms with Crippen LogP contribution < -0.4 is 5.56 Å². The van der Waals surface area contributed by atoms with Gasteiger partial charge in [-0.15, -0.1) is 0 Å². The van der Waals surface area contributed by atoms with E-state index in [1.807, 2.05) is 0 Å². The van der Waals surface area contributed by atoms with Crippen LogP contribution in [0.25, 0.3) is 0 Å². The van der Waals surface area contributed by atoms with Crippen LogP contribution in [0.5, 0.6) is 0 Å². The van der Waals surface area contributed by atoms with Gasteiger partial charge in [-0.2, -0.15) is 9.78 Å². The lowest BCUT2D eigenvalue weighted by molar-refractivity contribution is -0.0424. The van der Waals surface area contributed by atoms with Crippen molar-refractivity contribution in [3.05, 3.63) is 62.8 Å². The highest BCUT2D eigenvalue weighted by Crippen LogP contribution is 2.21. The molecule has 1 aromatic carbocycles. The molecule has 0 bridgehead atoms. The quantitative estimate of drug-likeness (QED) is 0.754. The lowest BCUT2D eigenvalue weighted by atomic mass is 10.2. The van der Waals surface area contributed by atoms with E-state index in [1.54, 1.807) is 12.1 Å². The fourth-order valence-corrected chi connectivity index (χ4v) is 2.51. The molecule has 1 aliphatic rings. The first-order valence-corrected chi connectivity index (χ1v) is 7.69. The summed E-state index contributed by atoms with van der Waals surface area (Å²) >= 11 is 6.12. The summed E-state index contributed by atoms with van der Waals surface area (Å²) in [6.45, 7) is 0.614. The molecule has 0 amide bonds. The van der Waals surface area contributed by atoms with Crippen molar-refractivity contribution in [2.75, 3.05) is 6.61 Å². The summed E-state index contributed by atoms with van der Waals surface area (Å²) in [5.74, 6) is 5.30. The molecule has 0 saturated carbocycles. The number of hydrogen-bond acceptors (Lipinski definition) is 3. The Labute approximate surface area is 137 Å². The summed E-state index contributed by atoms with van der Waals surface area (Å²) in [5, 5.41) is 4.14. The standard InChI is InChI=1S/C17H14ClFN2O2/c18-16-13(7-4-12-5-8-14(19)9-6-12)11-20-21(17(16)22)15-3-1-2-10-23-15/h5-6,8-9,11,15H,1-3,10H2. The Balaban J connectivity index is 1.88. The normalized spacial score (nSPS) is 17.4. The van der Waals surface area contributed by atoms with Crippen molar-refractivity contribution in [1.29, 1.82) is 0 Å². The highest BCUT2D eigenvalue weighted by Gasteiger charge is 2.19. The number of ether oxygens (including phenoxy) is 1. The molecule has 0 N–H and O–H groups in total. The monoisotopic (exact) mass is 332 g/mol. The molecule has 0 spiro atoms. The molecule has 2 aromatic rings. The van der Waals surface area contributed by atoms with Gasteiger partial charge >= 0.3 is 0 Å². The third-order valence-corrected chi connectivity index (χ3v) is 3.92. The molecule has 1 aromatic heterocycles. The van der Waals surface area contributed by atoms with Crippen molar-refractivity contribution in [3.8, 4) is 11.8 Å². The van der Waals surface area contributed by atoms with Gasteiger partial charge in [0, 0.05) is 12.2 Å². The van der Waals surface area contributed by atoms with Crippen LogP contribution in [0.15, 0.2) is 35.3 Å². The highest BCUT2D eigenvalue weighted by molar-refractivity contribution is 6.31. The van der Waals surface area contributed by atoms with Gasteiger partial charge in [0.05, 0.1) is 11.8 Å². The lowest BCUT2D eigenvalue weighted by Gasteiger charge is -2.23. The van der Waals surface area contributed by atoms with E-state index in [0.29, 0.717) is 17.7 Å². The van der Waals surface area contributed by atoms with E-state index in [4.69, 9.17) is 16.3 Å². The zero-order valence-electron chi connectivity index (χ0n) is 12.3. The first-order valence-electron chi connectivity index (χ1n) is 7.31. The van der Waals surface area contributed by atoms with Crippen LogP contribution in [0.1, 0.15) is 36.6 Å². The smallest absolute Gasteiger partial charge is 0.289 e. The maximum atomic E-state index is 12.9. The Morgan fingerprint density at radius 1 is 1.26 bits per heavy atom. The molecule has 4 nitrogen and oxygen atoms in total. The van der Waals surface area contributed by atoms with Gasteiger partial charge in [-0.3, -0.25) is 4.79 Å². The second kappa shape index (κ2) is 6.95. The summed E-state index contributed by atoms with van der Waals surface area (Å²) in [7, 11) is 0. The second-order valence-corrected chi connectivity index (χ2v) is 5.58. The number of aromatic nitrogens is 2. The van der Waals surface area contributed by atoms with Gasteiger partial charge < -0.3 is 4.74 Å². The van der Waals surface area contributed by atoms with E-state index in [1.165, 1.54) is 23.0 Å². The molecular weight excluding hydrogens is 319 g/mol. The van der Waals surface area contributed by atoms with Crippen LogP contribution in [0, 0.1) is 17.7 Å². The van der Waals surface area contributed by atoms with Gasteiger partial charge in [-0.1, -0.05) is 23.4 Å².